The summed E-state index contributed by atoms with van der Waals surface area (Å²) in [6, 6.07) is 6.71. The van der Waals surface area contributed by atoms with Gasteiger partial charge in [-0.1, -0.05) is 30.4 Å². The molecular weight excluding hydrogens is 271 g/mol. The van der Waals surface area contributed by atoms with E-state index in [0.717, 1.165) is 13.0 Å². The minimum absolute atomic E-state index is 0.211. The minimum Gasteiger partial charge on any atom is -0.389 e. The van der Waals surface area contributed by atoms with Crippen LogP contribution in [0.4, 0.5) is 10.1 Å². The lowest BCUT2D eigenvalue weighted by Gasteiger charge is -2.08. The Morgan fingerprint density at radius 3 is 2.80 bits per heavy atom. The van der Waals surface area contributed by atoms with Crippen molar-refractivity contribution >= 4 is 17.4 Å². The van der Waals surface area contributed by atoms with E-state index in [-0.39, 0.29) is 5.82 Å². The normalized spacial score (nSPS) is 12.9. The molecule has 20 heavy (non-hydrogen) atoms. The van der Waals surface area contributed by atoms with Crippen molar-refractivity contribution in [3.05, 3.63) is 54.5 Å². The van der Waals surface area contributed by atoms with Crippen LogP contribution in [0.5, 0.6) is 0 Å². The Balaban J connectivity index is 2.19. The fourth-order valence-corrected chi connectivity index (χ4v) is 2.20. The first-order valence-electron chi connectivity index (χ1n) is 6.80. The molecule has 0 fully saturated rings. The predicted molar refractivity (Wildman–Crippen MR) is 88.8 cm³/mol. The van der Waals surface area contributed by atoms with Crippen molar-refractivity contribution < 1.29 is 4.39 Å². The first kappa shape index (κ1) is 16.6. The third-order valence-electron chi connectivity index (χ3n) is 2.79. The van der Waals surface area contributed by atoms with Gasteiger partial charge in [-0.2, -0.15) is 11.8 Å². The Hall–Kier alpha value is -1.42. The first-order valence-corrected chi connectivity index (χ1v) is 8.09. The number of thioether (sulfide) groups is 1. The van der Waals surface area contributed by atoms with Crippen LogP contribution in [0.25, 0.3) is 0 Å². The Morgan fingerprint density at radius 1 is 1.30 bits per heavy atom. The number of allylic oxidation sites excluding steroid dienone is 2. The number of anilines is 1. The minimum atomic E-state index is -0.211. The van der Waals surface area contributed by atoms with Gasteiger partial charge in [-0.05, 0) is 37.9 Å². The van der Waals surface area contributed by atoms with Crippen LogP contribution in [0, 0.1) is 5.82 Å². The highest BCUT2D eigenvalue weighted by molar-refractivity contribution is 7.99. The van der Waals surface area contributed by atoms with Crippen LogP contribution >= 0.6 is 11.8 Å². The van der Waals surface area contributed by atoms with Crippen molar-refractivity contribution in [2.45, 2.75) is 18.6 Å². The van der Waals surface area contributed by atoms with Crippen molar-refractivity contribution in [1.29, 1.82) is 0 Å². The second-order valence-electron chi connectivity index (χ2n) is 4.30. The van der Waals surface area contributed by atoms with Crippen LogP contribution in [-0.4, -0.2) is 24.6 Å². The van der Waals surface area contributed by atoms with Gasteiger partial charge in [0.15, 0.2) is 0 Å². The third kappa shape index (κ3) is 6.66. The quantitative estimate of drug-likeness (QED) is 0.531. The van der Waals surface area contributed by atoms with E-state index < -0.39 is 0 Å². The topological polar surface area (TPSA) is 24.1 Å². The van der Waals surface area contributed by atoms with E-state index in [2.05, 4.69) is 35.1 Å². The SMILES string of the molecule is C/C=C\CC(/C=C/NCCNc1ccccc1F)SC. The van der Waals surface area contributed by atoms with E-state index in [9.17, 15) is 4.39 Å². The molecule has 0 saturated heterocycles. The molecule has 4 heteroatoms. The second kappa shape index (κ2) is 10.4. The molecule has 1 aromatic rings. The molecule has 0 aliphatic heterocycles. The number of benzene rings is 1. The van der Waals surface area contributed by atoms with Crippen LogP contribution in [0.1, 0.15) is 13.3 Å². The molecule has 0 bridgehead atoms. The highest BCUT2D eigenvalue weighted by Gasteiger charge is 1.99. The van der Waals surface area contributed by atoms with Gasteiger partial charge >= 0.3 is 0 Å². The molecule has 110 valence electrons. The van der Waals surface area contributed by atoms with E-state index in [0.29, 0.717) is 17.5 Å². The van der Waals surface area contributed by atoms with E-state index in [1.54, 1.807) is 12.1 Å². The highest BCUT2D eigenvalue weighted by Crippen LogP contribution is 2.13. The number of nitrogens with one attached hydrogen (secondary N) is 2. The molecule has 0 spiro atoms. The molecule has 0 aliphatic rings. The maximum absolute atomic E-state index is 13.3. The lowest BCUT2D eigenvalue weighted by Crippen LogP contribution is -2.18. The molecule has 0 aliphatic carbocycles. The van der Waals surface area contributed by atoms with E-state index in [4.69, 9.17) is 0 Å². The Kier molecular flexibility index (Phi) is 8.63. The monoisotopic (exact) mass is 294 g/mol. The molecule has 1 atom stereocenters. The van der Waals surface area contributed by atoms with Gasteiger partial charge in [-0.15, -0.1) is 0 Å². The van der Waals surface area contributed by atoms with E-state index in [1.165, 1.54) is 6.07 Å². The maximum Gasteiger partial charge on any atom is 0.146 e. The maximum atomic E-state index is 13.3. The summed E-state index contributed by atoms with van der Waals surface area (Å²) < 4.78 is 13.3. The molecule has 0 radical (unpaired) electrons. The van der Waals surface area contributed by atoms with E-state index in [1.807, 2.05) is 31.0 Å². The number of rotatable bonds is 9. The van der Waals surface area contributed by atoms with Gasteiger partial charge in [0.25, 0.3) is 0 Å². The summed E-state index contributed by atoms with van der Waals surface area (Å²) >= 11 is 1.83. The summed E-state index contributed by atoms with van der Waals surface area (Å²) in [6.45, 7) is 3.48. The highest BCUT2D eigenvalue weighted by atomic mass is 32.2. The second-order valence-corrected chi connectivity index (χ2v) is 5.38. The summed E-state index contributed by atoms with van der Waals surface area (Å²) in [5, 5.41) is 6.77. The van der Waals surface area contributed by atoms with Crippen molar-refractivity contribution in [3.63, 3.8) is 0 Å². The Bertz CT molecular complexity index is 432. The fourth-order valence-electron chi connectivity index (χ4n) is 1.66. The predicted octanol–water partition coefficient (Wildman–Crippen LogP) is 4.04. The number of hydrogen-bond donors (Lipinski definition) is 2. The van der Waals surface area contributed by atoms with Gasteiger partial charge in [-0.25, -0.2) is 4.39 Å². The molecule has 0 amide bonds. The number of halogens is 1. The summed E-state index contributed by atoms with van der Waals surface area (Å²) in [5.41, 5.74) is 0.549. The summed E-state index contributed by atoms with van der Waals surface area (Å²) in [4.78, 5) is 0. The van der Waals surface area contributed by atoms with Crippen molar-refractivity contribution in [1.82, 2.24) is 5.32 Å². The van der Waals surface area contributed by atoms with Crippen LogP contribution < -0.4 is 10.6 Å². The number of hydrogen-bond acceptors (Lipinski definition) is 3. The van der Waals surface area contributed by atoms with Crippen LogP contribution in [0.3, 0.4) is 0 Å². The average molecular weight is 294 g/mol. The molecular formula is C16H23FN2S. The van der Waals surface area contributed by atoms with Crippen LogP contribution in [-0.2, 0) is 0 Å². The zero-order chi connectivity index (χ0) is 14.6. The Labute approximate surface area is 125 Å². The van der Waals surface area contributed by atoms with Gasteiger partial charge in [-0.3, -0.25) is 0 Å². The largest absolute Gasteiger partial charge is 0.389 e. The van der Waals surface area contributed by atoms with Crippen molar-refractivity contribution in [2.24, 2.45) is 0 Å². The summed E-state index contributed by atoms with van der Waals surface area (Å²) in [5.74, 6) is -0.211. The van der Waals surface area contributed by atoms with Crippen molar-refractivity contribution in [3.8, 4) is 0 Å². The third-order valence-corrected chi connectivity index (χ3v) is 3.75. The average Bonchev–Trinajstić information content (AvgIpc) is 2.47. The van der Waals surface area contributed by atoms with Crippen LogP contribution in [0.2, 0.25) is 0 Å². The van der Waals surface area contributed by atoms with Gasteiger partial charge < -0.3 is 10.6 Å². The standard InChI is InChI=1S/C16H23FN2S/c1-3-4-7-14(20-2)10-11-18-12-13-19-16-9-6-5-8-15(16)17/h3-6,8-11,14,18-19H,7,12-13H2,1-2H3/b4-3-,11-10+. The molecule has 2 N–H and O–H groups in total. The van der Waals surface area contributed by atoms with Gasteiger partial charge in [0.1, 0.15) is 5.82 Å². The Morgan fingerprint density at radius 2 is 2.10 bits per heavy atom. The number of para-hydroxylation sites is 1. The fraction of sp³-hybridized carbons (Fsp3) is 0.375. The molecule has 0 heterocycles. The molecule has 1 rings (SSSR count). The lowest BCUT2D eigenvalue weighted by atomic mass is 10.3. The van der Waals surface area contributed by atoms with Gasteiger partial charge in [0, 0.05) is 18.3 Å². The van der Waals surface area contributed by atoms with Crippen molar-refractivity contribution in [2.75, 3.05) is 24.7 Å². The zero-order valence-electron chi connectivity index (χ0n) is 12.1. The van der Waals surface area contributed by atoms with Gasteiger partial charge in [0.05, 0.1) is 5.69 Å². The summed E-state index contributed by atoms with van der Waals surface area (Å²) in [6.07, 6.45) is 11.5. The molecule has 0 aromatic heterocycles. The van der Waals surface area contributed by atoms with Gasteiger partial charge in [0.2, 0.25) is 0 Å². The molecule has 0 saturated carbocycles. The smallest absolute Gasteiger partial charge is 0.146 e. The first-order chi connectivity index (χ1) is 9.77. The van der Waals surface area contributed by atoms with Crippen LogP contribution in [0.15, 0.2) is 48.7 Å². The molecule has 2 nitrogen and oxygen atoms in total. The molecule has 1 unspecified atom stereocenters. The summed E-state index contributed by atoms with van der Waals surface area (Å²) in [7, 11) is 0. The molecule has 1 aromatic carbocycles. The zero-order valence-corrected chi connectivity index (χ0v) is 12.9. The van der Waals surface area contributed by atoms with E-state index >= 15 is 0 Å². The lowest BCUT2D eigenvalue weighted by molar-refractivity contribution is 0.630.